The van der Waals surface area contributed by atoms with Gasteiger partial charge in [0.15, 0.2) is 5.11 Å². The molecule has 0 aliphatic carbocycles. The Morgan fingerprint density at radius 1 is 1.18 bits per heavy atom. The van der Waals surface area contributed by atoms with Gasteiger partial charge >= 0.3 is 6.18 Å². The van der Waals surface area contributed by atoms with Crippen molar-refractivity contribution in [2.75, 3.05) is 23.0 Å². The van der Waals surface area contributed by atoms with Crippen LogP contribution in [0.15, 0.2) is 42.5 Å². The minimum atomic E-state index is -4.77. The van der Waals surface area contributed by atoms with E-state index in [9.17, 15) is 23.1 Å². The van der Waals surface area contributed by atoms with Gasteiger partial charge in [0.05, 0.1) is 36.1 Å². The standard InChI is InChI=1S/C23H20F3N3O4S/c1-22(2)20(31)28(15-4-3-13(10-27)17(9-15)23(24,25)26)21(34)29(22)14-5-7-16(8-6-14)33-19-12-32-11-18(19)30/h3-9,18-19,30H,11-12H2,1-2H3/t18-,19?/m0/s1. The van der Waals surface area contributed by atoms with Gasteiger partial charge in [0, 0.05) is 5.69 Å². The molecule has 2 fully saturated rings. The maximum absolute atomic E-state index is 13.5. The van der Waals surface area contributed by atoms with E-state index in [4.69, 9.17) is 27.0 Å². The molecule has 1 N–H and O–H groups in total. The quantitative estimate of drug-likeness (QED) is 0.654. The summed E-state index contributed by atoms with van der Waals surface area (Å²) in [5, 5.41) is 18.9. The molecule has 0 spiro atoms. The van der Waals surface area contributed by atoms with Gasteiger partial charge in [-0.25, -0.2) is 0 Å². The van der Waals surface area contributed by atoms with Gasteiger partial charge in [0.1, 0.15) is 23.5 Å². The lowest BCUT2D eigenvalue weighted by atomic mass is 10.0. The van der Waals surface area contributed by atoms with Crippen LogP contribution in [0.3, 0.4) is 0 Å². The Morgan fingerprint density at radius 2 is 1.82 bits per heavy atom. The lowest BCUT2D eigenvalue weighted by Gasteiger charge is -2.29. The van der Waals surface area contributed by atoms with Crippen LogP contribution in [0.2, 0.25) is 0 Å². The number of nitrogens with zero attached hydrogens (tertiary/aromatic N) is 3. The van der Waals surface area contributed by atoms with Gasteiger partial charge in [-0.05, 0) is 68.5 Å². The van der Waals surface area contributed by atoms with Gasteiger partial charge in [-0.3, -0.25) is 9.69 Å². The SMILES string of the molecule is CC1(C)C(=O)N(c2ccc(C#N)c(C(F)(F)F)c2)C(=S)N1c1ccc(OC2COC[C@@H]2O)cc1. The summed E-state index contributed by atoms with van der Waals surface area (Å²) in [7, 11) is 0. The van der Waals surface area contributed by atoms with Crippen molar-refractivity contribution in [1.82, 2.24) is 0 Å². The van der Waals surface area contributed by atoms with Crippen LogP contribution < -0.4 is 14.5 Å². The van der Waals surface area contributed by atoms with Crippen LogP contribution in [0.25, 0.3) is 0 Å². The first-order valence-electron chi connectivity index (χ1n) is 10.3. The monoisotopic (exact) mass is 491 g/mol. The number of alkyl halides is 3. The number of aliphatic hydroxyl groups is 1. The van der Waals surface area contributed by atoms with Crippen molar-refractivity contribution in [3.8, 4) is 11.8 Å². The highest BCUT2D eigenvalue weighted by atomic mass is 32.1. The predicted molar refractivity (Wildman–Crippen MR) is 120 cm³/mol. The zero-order chi connectivity index (χ0) is 24.8. The third kappa shape index (κ3) is 4.09. The molecule has 1 amide bonds. The van der Waals surface area contributed by atoms with Crippen molar-refractivity contribution in [3.05, 3.63) is 53.6 Å². The van der Waals surface area contributed by atoms with Crippen molar-refractivity contribution < 1.29 is 32.5 Å². The number of carbonyl (C=O) groups excluding carboxylic acids is 1. The topological polar surface area (TPSA) is 86.0 Å². The first-order chi connectivity index (χ1) is 15.9. The molecule has 2 aliphatic heterocycles. The van der Waals surface area contributed by atoms with Crippen LogP contribution in [-0.2, 0) is 15.7 Å². The fraction of sp³-hybridized carbons (Fsp3) is 0.348. The lowest BCUT2D eigenvalue weighted by Crippen LogP contribution is -2.44. The number of amides is 1. The fourth-order valence-corrected chi connectivity index (χ4v) is 4.47. The van der Waals surface area contributed by atoms with E-state index < -0.39 is 41.0 Å². The Labute approximate surface area is 198 Å². The zero-order valence-corrected chi connectivity index (χ0v) is 19.0. The van der Waals surface area contributed by atoms with Crippen molar-refractivity contribution in [2.24, 2.45) is 0 Å². The molecule has 2 atom stereocenters. The Hall–Kier alpha value is -3.20. The van der Waals surface area contributed by atoms with Crippen molar-refractivity contribution in [1.29, 1.82) is 5.26 Å². The Kier molecular flexibility index (Phi) is 6.01. The summed E-state index contributed by atoms with van der Waals surface area (Å²) >= 11 is 5.52. The summed E-state index contributed by atoms with van der Waals surface area (Å²) in [5.41, 5.74) is -2.42. The molecule has 11 heteroatoms. The summed E-state index contributed by atoms with van der Waals surface area (Å²) in [6.07, 6.45) is -5.99. The lowest BCUT2D eigenvalue weighted by molar-refractivity contribution is -0.137. The highest BCUT2D eigenvalue weighted by Gasteiger charge is 2.50. The number of anilines is 2. The smallest absolute Gasteiger partial charge is 0.417 e. The highest BCUT2D eigenvalue weighted by Crippen LogP contribution is 2.40. The second-order valence-electron chi connectivity index (χ2n) is 8.41. The maximum atomic E-state index is 13.5. The minimum Gasteiger partial charge on any atom is -0.485 e. The molecule has 2 aromatic rings. The third-order valence-corrected chi connectivity index (χ3v) is 6.10. The maximum Gasteiger partial charge on any atom is 0.417 e. The molecule has 0 aromatic heterocycles. The first kappa shape index (κ1) is 23.9. The van der Waals surface area contributed by atoms with Gasteiger partial charge in [-0.2, -0.15) is 18.4 Å². The van der Waals surface area contributed by atoms with E-state index in [2.05, 4.69) is 0 Å². The Balaban J connectivity index is 1.65. The largest absolute Gasteiger partial charge is 0.485 e. The number of halogens is 3. The second-order valence-corrected chi connectivity index (χ2v) is 8.78. The van der Waals surface area contributed by atoms with Gasteiger partial charge < -0.3 is 19.5 Å². The van der Waals surface area contributed by atoms with E-state index in [0.29, 0.717) is 11.4 Å². The highest BCUT2D eigenvalue weighted by molar-refractivity contribution is 7.81. The van der Waals surface area contributed by atoms with Crippen LogP contribution in [0.5, 0.6) is 5.75 Å². The summed E-state index contributed by atoms with van der Waals surface area (Å²) in [5.74, 6) is -0.0341. The first-order valence-corrected chi connectivity index (χ1v) is 10.7. The molecule has 0 bridgehead atoms. The minimum absolute atomic E-state index is 0.00103. The van der Waals surface area contributed by atoms with Gasteiger partial charge in [-0.15, -0.1) is 0 Å². The number of benzene rings is 2. The van der Waals surface area contributed by atoms with Crippen LogP contribution in [-0.4, -0.2) is 47.1 Å². The van der Waals surface area contributed by atoms with E-state index in [-0.39, 0.29) is 24.0 Å². The fourth-order valence-electron chi connectivity index (χ4n) is 3.94. The number of hydrogen-bond donors (Lipinski definition) is 1. The van der Waals surface area contributed by atoms with Crippen LogP contribution in [0.1, 0.15) is 25.0 Å². The molecule has 2 aliphatic rings. The van der Waals surface area contributed by atoms with E-state index >= 15 is 0 Å². The summed E-state index contributed by atoms with van der Waals surface area (Å²) in [4.78, 5) is 15.8. The normalized spacial score (nSPS) is 22.3. The van der Waals surface area contributed by atoms with Gasteiger partial charge in [0.2, 0.25) is 0 Å². The number of nitriles is 1. The number of ether oxygens (including phenoxy) is 2. The molecule has 2 saturated heterocycles. The molecule has 0 radical (unpaired) electrons. The summed E-state index contributed by atoms with van der Waals surface area (Å²) in [6, 6.07) is 11.2. The molecular weight excluding hydrogens is 471 g/mol. The third-order valence-electron chi connectivity index (χ3n) is 5.74. The van der Waals surface area contributed by atoms with Crippen molar-refractivity contribution >= 4 is 34.6 Å². The van der Waals surface area contributed by atoms with Crippen LogP contribution in [0, 0.1) is 11.3 Å². The molecule has 2 aromatic carbocycles. The molecular formula is C23H20F3N3O4S. The van der Waals surface area contributed by atoms with Gasteiger partial charge in [0.25, 0.3) is 5.91 Å². The molecule has 1 unspecified atom stereocenters. The van der Waals surface area contributed by atoms with Crippen molar-refractivity contribution in [3.63, 3.8) is 0 Å². The van der Waals surface area contributed by atoms with Gasteiger partial charge in [-0.1, -0.05) is 0 Å². The average molecular weight is 491 g/mol. The van der Waals surface area contributed by atoms with Crippen LogP contribution >= 0.6 is 12.2 Å². The Morgan fingerprint density at radius 3 is 2.38 bits per heavy atom. The number of carbonyl (C=O) groups is 1. The molecule has 34 heavy (non-hydrogen) atoms. The van der Waals surface area contributed by atoms with E-state index in [1.165, 1.54) is 12.1 Å². The Bertz CT molecular complexity index is 1180. The second kappa shape index (κ2) is 8.54. The van der Waals surface area contributed by atoms with Crippen molar-refractivity contribution in [2.45, 2.75) is 37.8 Å². The zero-order valence-electron chi connectivity index (χ0n) is 18.2. The molecule has 2 heterocycles. The number of hydrogen-bond acceptors (Lipinski definition) is 6. The molecule has 4 rings (SSSR count). The summed E-state index contributed by atoms with van der Waals surface area (Å²) in [6.45, 7) is 3.70. The molecule has 0 saturated carbocycles. The molecule has 178 valence electrons. The van der Waals surface area contributed by atoms with E-state index in [1.54, 1.807) is 43.0 Å². The molecule has 7 nitrogen and oxygen atoms in total. The summed E-state index contributed by atoms with van der Waals surface area (Å²) < 4.78 is 51.3. The van der Waals surface area contributed by atoms with Crippen LogP contribution in [0.4, 0.5) is 24.5 Å². The number of aliphatic hydroxyl groups excluding tert-OH is 1. The number of thiocarbonyl (C=S) groups is 1. The predicted octanol–water partition coefficient (Wildman–Crippen LogP) is 3.63. The number of rotatable bonds is 4. The van der Waals surface area contributed by atoms with E-state index in [0.717, 1.165) is 17.0 Å². The average Bonchev–Trinajstić information content (AvgIpc) is 3.25. The van der Waals surface area contributed by atoms with E-state index in [1.807, 2.05) is 0 Å².